The van der Waals surface area contributed by atoms with E-state index in [2.05, 4.69) is 26.3 Å². The van der Waals surface area contributed by atoms with Gasteiger partial charge in [0.05, 0.1) is 11.9 Å². The molecule has 6 heteroatoms. The molecule has 1 aromatic carbocycles. The van der Waals surface area contributed by atoms with Crippen molar-refractivity contribution in [3.8, 4) is 0 Å². The molecule has 0 amide bonds. The quantitative estimate of drug-likeness (QED) is 0.839. The summed E-state index contributed by atoms with van der Waals surface area (Å²) in [7, 11) is 0. The third-order valence-electron chi connectivity index (χ3n) is 3.16. The van der Waals surface area contributed by atoms with Crippen LogP contribution in [0.1, 0.15) is 24.9 Å². The van der Waals surface area contributed by atoms with Crippen molar-refractivity contribution in [3.05, 3.63) is 56.9 Å². The Morgan fingerprint density at radius 1 is 1.38 bits per heavy atom. The number of nitrogens with two attached hydrogens (primary N) is 1. The topological polar surface area (TPSA) is 72.9 Å². The molecule has 112 valence electrons. The average Bonchev–Trinajstić information content (AvgIpc) is 2.52. The van der Waals surface area contributed by atoms with Crippen LogP contribution in [-0.4, -0.2) is 16.3 Å². The molecule has 0 aliphatic heterocycles. The van der Waals surface area contributed by atoms with Crippen molar-refractivity contribution in [1.82, 2.24) is 9.78 Å². The lowest BCUT2D eigenvalue weighted by atomic mass is 10.1. The van der Waals surface area contributed by atoms with Crippen LogP contribution in [0.3, 0.4) is 0 Å². The molecule has 0 radical (unpaired) electrons. The number of hydrogen-bond acceptors (Lipinski definition) is 4. The predicted octanol–water partition coefficient (Wildman–Crippen LogP) is 2.53. The Bertz CT molecular complexity index is 642. The van der Waals surface area contributed by atoms with Crippen molar-refractivity contribution >= 4 is 21.6 Å². The number of rotatable bonds is 6. The fraction of sp³-hybridized carbons (Fsp3) is 0.333. The van der Waals surface area contributed by atoms with Gasteiger partial charge >= 0.3 is 0 Å². The van der Waals surface area contributed by atoms with E-state index in [1.165, 1.54) is 4.68 Å². The largest absolute Gasteiger partial charge is 0.381 e. The van der Waals surface area contributed by atoms with Crippen molar-refractivity contribution in [1.29, 1.82) is 0 Å². The number of benzene rings is 1. The highest BCUT2D eigenvalue weighted by atomic mass is 79.9. The number of nitrogens with one attached hydrogen (secondary N) is 1. The molecule has 0 aliphatic carbocycles. The zero-order valence-corrected chi connectivity index (χ0v) is 13.5. The molecule has 0 saturated carbocycles. The highest BCUT2D eigenvalue weighted by Crippen LogP contribution is 2.18. The number of aromatic nitrogens is 2. The molecule has 1 unspecified atom stereocenters. The standard InChI is InChI=1S/C15H19BrN4O/c1-2-8-20-15(21)14(16)13(10-19-20)18-9-12(17)11-6-4-3-5-7-11/h3-7,10,12,18H,2,8-9,17H2,1H3. The summed E-state index contributed by atoms with van der Waals surface area (Å²) in [6, 6.07) is 9.70. The Labute approximate surface area is 132 Å². The Morgan fingerprint density at radius 3 is 2.76 bits per heavy atom. The molecule has 1 aromatic heterocycles. The van der Waals surface area contributed by atoms with Gasteiger partial charge in [-0.25, -0.2) is 4.68 Å². The molecule has 2 rings (SSSR count). The minimum atomic E-state index is -0.142. The summed E-state index contributed by atoms with van der Waals surface area (Å²) in [4.78, 5) is 12.1. The van der Waals surface area contributed by atoms with E-state index < -0.39 is 0 Å². The van der Waals surface area contributed by atoms with Gasteiger partial charge in [0.25, 0.3) is 5.56 Å². The van der Waals surface area contributed by atoms with Crippen LogP contribution in [-0.2, 0) is 6.54 Å². The van der Waals surface area contributed by atoms with E-state index in [0.29, 0.717) is 23.2 Å². The molecule has 0 bridgehead atoms. The third kappa shape index (κ3) is 3.92. The average molecular weight is 351 g/mol. The maximum atomic E-state index is 12.1. The Balaban J connectivity index is 2.07. The van der Waals surface area contributed by atoms with Gasteiger partial charge in [0.2, 0.25) is 0 Å². The Morgan fingerprint density at radius 2 is 2.10 bits per heavy atom. The maximum absolute atomic E-state index is 12.1. The summed E-state index contributed by atoms with van der Waals surface area (Å²) >= 11 is 3.33. The van der Waals surface area contributed by atoms with Gasteiger partial charge in [0.15, 0.2) is 0 Å². The smallest absolute Gasteiger partial charge is 0.283 e. The van der Waals surface area contributed by atoms with Gasteiger partial charge < -0.3 is 11.1 Å². The van der Waals surface area contributed by atoms with Gasteiger partial charge in [-0.1, -0.05) is 37.3 Å². The monoisotopic (exact) mass is 350 g/mol. The first-order valence-electron chi connectivity index (χ1n) is 6.93. The third-order valence-corrected chi connectivity index (χ3v) is 3.93. The predicted molar refractivity (Wildman–Crippen MR) is 88.3 cm³/mol. The fourth-order valence-corrected chi connectivity index (χ4v) is 2.44. The minimum absolute atomic E-state index is 0.130. The highest BCUT2D eigenvalue weighted by Gasteiger charge is 2.10. The van der Waals surface area contributed by atoms with Gasteiger partial charge in [-0.05, 0) is 27.9 Å². The zero-order chi connectivity index (χ0) is 15.2. The number of anilines is 1. The first kappa shape index (κ1) is 15.7. The van der Waals surface area contributed by atoms with Crippen LogP contribution in [0.4, 0.5) is 5.69 Å². The summed E-state index contributed by atoms with van der Waals surface area (Å²) in [5, 5.41) is 7.32. The summed E-state index contributed by atoms with van der Waals surface area (Å²) in [6.07, 6.45) is 2.52. The van der Waals surface area contributed by atoms with E-state index in [1.54, 1.807) is 6.20 Å². The van der Waals surface area contributed by atoms with Gasteiger partial charge in [-0.15, -0.1) is 0 Å². The van der Waals surface area contributed by atoms with E-state index >= 15 is 0 Å². The van der Waals surface area contributed by atoms with E-state index in [-0.39, 0.29) is 11.6 Å². The lowest BCUT2D eigenvalue weighted by Gasteiger charge is -2.15. The molecule has 0 fully saturated rings. The minimum Gasteiger partial charge on any atom is -0.381 e. The SMILES string of the molecule is CCCn1ncc(NCC(N)c2ccccc2)c(Br)c1=O. The molecule has 1 atom stereocenters. The lowest BCUT2D eigenvalue weighted by Crippen LogP contribution is -2.26. The van der Waals surface area contributed by atoms with Crippen LogP contribution in [0.25, 0.3) is 0 Å². The van der Waals surface area contributed by atoms with E-state index in [4.69, 9.17) is 5.73 Å². The van der Waals surface area contributed by atoms with Gasteiger partial charge in [0, 0.05) is 19.1 Å². The zero-order valence-electron chi connectivity index (χ0n) is 11.9. The van der Waals surface area contributed by atoms with Crippen LogP contribution in [0.5, 0.6) is 0 Å². The van der Waals surface area contributed by atoms with Crippen LogP contribution < -0.4 is 16.6 Å². The first-order chi connectivity index (χ1) is 10.1. The van der Waals surface area contributed by atoms with Crippen molar-refractivity contribution in [2.75, 3.05) is 11.9 Å². The van der Waals surface area contributed by atoms with E-state index in [0.717, 1.165) is 12.0 Å². The number of aryl methyl sites for hydroxylation is 1. The van der Waals surface area contributed by atoms with Crippen molar-refractivity contribution in [3.63, 3.8) is 0 Å². The molecule has 0 spiro atoms. The first-order valence-corrected chi connectivity index (χ1v) is 7.72. The highest BCUT2D eigenvalue weighted by molar-refractivity contribution is 9.10. The van der Waals surface area contributed by atoms with Crippen molar-refractivity contribution in [2.45, 2.75) is 25.9 Å². The molecular weight excluding hydrogens is 332 g/mol. The fourth-order valence-electron chi connectivity index (χ4n) is 2.00. The molecule has 21 heavy (non-hydrogen) atoms. The number of halogens is 1. The second-order valence-electron chi connectivity index (χ2n) is 4.80. The van der Waals surface area contributed by atoms with Gasteiger partial charge in [0.1, 0.15) is 4.47 Å². The van der Waals surface area contributed by atoms with Gasteiger partial charge in [-0.2, -0.15) is 5.10 Å². The molecule has 0 saturated heterocycles. The molecule has 5 nitrogen and oxygen atoms in total. The normalized spacial score (nSPS) is 12.1. The summed E-state index contributed by atoms with van der Waals surface area (Å²) in [5.41, 5.74) is 7.71. The van der Waals surface area contributed by atoms with Crippen molar-refractivity contribution in [2.24, 2.45) is 5.73 Å². The number of nitrogens with zero attached hydrogens (tertiary/aromatic N) is 2. The second kappa shape index (κ2) is 7.38. The summed E-state index contributed by atoms with van der Waals surface area (Å²) in [6.45, 7) is 3.15. The van der Waals surface area contributed by atoms with Crippen LogP contribution in [0, 0.1) is 0 Å². The Kier molecular flexibility index (Phi) is 5.52. The van der Waals surface area contributed by atoms with Crippen LogP contribution >= 0.6 is 15.9 Å². The molecule has 2 aromatic rings. The van der Waals surface area contributed by atoms with E-state index in [1.807, 2.05) is 37.3 Å². The van der Waals surface area contributed by atoms with Crippen LogP contribution in [0.15, 0.2) is 45.8 Å². The van der Waals surface area contributed by atoms with Crippen molar-refractivity contribution < 1.29 is 0 Å². The maximum Gasteiger partial charge on any atom is 0.283 e. The molecule has 0 aliphatic rings. The van der Waals surface area contributed by atoms with Gasteiger partial charge in [-0.3, -0.25) is 4.79 Å². The summed E-state index contributed by atoms with van der Waals surface area (Å²) < 4.78 is 1.94. The van der Waals surface area contributed by atoms with E-state index in [9.17, 15) is 4.79 Å². The molecular formula is C15H19BrN4O. The summed E-state index contributed by atoms with van der Waals surface area (Å²) in [5.74, 6) is 0. The number of hydrogen-bond donors (Lipinski definition) is 2. The van der Waals surface area contributed by atoms with Crippen LogP contribution in [0.2, 0.25) is 0 Å². The molecule has 1 heterocycles. The lowest BCUT2D eigenvalue weighted by molar-refractivity contribution is 0.565. The second-order valence-corrected chi connectivity index (χ2v) is 5.59. The Hall–Kier alpha value is -1.66. The molecule has 3 N–H and O–H groups in total.